The Bertz CT molecular complexity index is 996. The minimum absolute atomic E-state index is 0.0461. The van der Waals surface area contributed by atoms with Crippen molar-refractivity contribution in [1.29, 1.82) is 0 Å². The molecule has 38 heavy (non-hydrogen) atoms. The number of cyclic esters (lactones) is 1. The second-order valence-electron chi connectivity index (χ2n) is 11.3. The minimum atomic E-state index is -1.61. The zero-order chi connectivity index (χ0) is 27.4. The first kappa shape index (κ1) is 27.5. The van der Waals surface area contributed by atoms with Crippen LogP contribution < -0.4 is 0 Å². The van der Waals surface area contributed by atoms with Crippen LogP contribution >= 0.6 is 0 Å². The Labute approximate surface area is 219 Å². The van der Waals surface area contributed by atoms with Crippen molar-refractivity contribution in [3.63, 3.8) is 0 Å². The second kappa shape index (κ2) is 10.5. The predicted octanol–water partition coefficient (Wildman–Crippen LogP) is -0.202. The summed E-state index contributed by atoms with van der Waals surface area (Å²) in [5, 5.41) is 51.7. The average molecular weight is 541 g/mol. The molecule has 13 atom stereocenters. The Kier molecular flexibility index (Phi) is 7.59. The molecule has 5 N–H and O–H groups in total. The number of esters is 2. The van der Waals surface area contributed by atoms with Gasteiger partial charge in [0.2, 0.25) is 0 Å². The van der Waals surface area contributed by atoms with Crippen LogP contribution in [0.3, 0.4) is 0 Å². The van der Waals surface area contributed by atoms with Gasteiger partial charge in [0.15, 0.2) is 6.29 Å². The standard InChI is InChI=1S/C26H36O12/c1-11(28)35-23-15(29)7-16(37-25-22(32)21(31)20(30)18(9-27)38-25)13-3-4-14-24(33)36-17(12-5-6-34-10-12)8-26(14,2)19(13)23/h5-6,10,13-23,25,27,29-32H,3-4,7-9H2,1-2H3/t13?,14?,15?,16?,17?,18-,19?,20-,21+,22-,23?,25-,26?/m1/s1. The van der Waals surface area contributed by atoms with E-state index in [4.69, 9.17) is 23.4 Å². The maximum atomic E-state index is 13.2. The van der Waals surface area contributed by atoms with Crippen LogP contribution in [0.4, 0.5) is 0 Å². The lowest BCUT2D eigenvalue weighted by atomic mass is 9.49. The van der Waals surface area contributed by atoms with Gasteiger partial charge in [0.25, 0.3) is 0 Å². The summed E-state index contributed by atoms with van der Waals surface area (Å²) in [5.74, 6) is -2.24. The van der Waals surface area contributed by atoms with Gasteiger partial charge in [0.05, 0.1) is 37.3 Å². The molecule has 12 heteroatoms. The summed E-state index contributed by atoms with van der Waals surface area (Å²) in [6.07, 6.45) is -6.16. The summed E-state index contributed by atoms with van der Waals surface area (Å²) < 4.78 is 28.4. The van der Waals surface area contributed by atoms with E-state index in [2.05, 4.69) is 0 Å². The van der Waals surface area contributed by atoms with Crippen molar-refractivity contribution < 1.29 is 58.5 Å². The van der Waals surface area contributed by atoms with E-state index in [1.54, 1.807) is 6.07 Å². The number of aliphatic hydroxyl groups is 5. The summed E-state index contributed by atoms with van der Waals surface area (Å²) in [4.78, 5) is 25.3. The van der Waals surface area contributed by atoms with E-state index in [0.29, 0.717) is 24.8 Å². The van der Waals surface area contributed by atoms with Gasteiger partial charge in [-0.05, 0) is 36.7 Å². The fraction of sp³-hybridized carbons (Fsp3) is 0.769. The highest BCUT2D eigenvalue weighted by atomic mass is 16.7. The number of aliphatic hydroxyl groups excluding tert-OH is 5. The summed E-state index contributed by atoms with van der Waals surface area (Å²) >= 11 is 0. The molecule has 8 unspecified atom stereocenters. The maximum Gasteiger partial charge on any atom is 0.310 e. The van der Waals surface area contributed by atoms with Gasteiger partial charge in [-0.25, -0.2) is 0 Å². The summed E-state index contributed by atoms with van der Waals surface area (Å²) in [5.41, 5.74) is -0.0479. The molecule has 0 spiro atoms. The molecule has 12 nitrogen and oxygen atoms in total. The minimum Gasteiger partial charge on any atom is -0.472 e. The van der Waals surface area contributed by atoms with Gasteiger partial charge in [-0.15, -0.1) is 0 Å². The highest BCUT2D eigenvalue weighted by Crippen LogP contribution is 2.60. The quantitative estimate of drug-likeness (QED) is 0.310. The Morgan fingerprint density at radius 2 is 1.92 bits per heavy atom. The van der Waals surface area contributed by atoms with Crippen LogP contribution in [0.2, 0.25) is 0 Å². The third kappa shape index (κ3) is 4.66. The smallest absolute Gasteiger partial charge is 0.310 e. The molecule has 0 radical (unpaired) electrons. The van der Waals surface area contributed by atoms with Gasteiger partial charge in [-0.2, -0.15) is 0 Å². The van der Waals surface area contributed by atoms with Crippen molar-refractivity contribution in [1.82, 2.24) is 0 Å². The van der Waals surface area contributed by atoms with E-state index in [9.17, 15) is 35.1 Å². The topological polar surface area (TPSA) is 185 Å². The molecular formula is C26H36O12. The van der Waals surface area contributed by atoms with E-state index in [-0.39, 0.29) is 18.3 Å². The first-order chi connectivity index (χ1) is 18.0. The molecule has 0 bridgehead atoms. The molecule has 3 heterocycles. The Balaban J connectivity index is 1.47. The SMILES string of the molecule is CC(=O)OC1C(O)CC(O[C@@H]2O[C@H](CO)[C@@H](O)[C@H](O)[C@H]2O)C2CCC3C(=O)OC(c4ccoc4)CC3(C)C21. The van der Waals surface area contributed by atoms with Gasteiger partial charge in [-0.3, -0.25) is 9.59 Å². The zero-order valence-corrected chi connectivity index (χ0v) is 21.3. The zero-order valence-electron chi connectivity index (χ0n) is 21.3. The summed E-state index contributed by atoms with van der Waals surface area (Å²) in [6.45, 7) is 2.61. The molecule has 4 aliphatic rings. The fourth-order valence-corrected chi connectivity index (χ4v) is 7.24. The molecular weight excluding hydrogens is 504 g/mol. The number of rotatable bonds is 5. The lowest BCUT2D eigenvalue weighted by Crippen LogP contribution is -2.65. The van der Waals surface area contributed by atoms with Crippen molar-refractivity contribution in [2.75, 3.05) is 6.61 Å². The molecule has 1 aromatic rings. The molecule has 2 saturated carbocycles. The van der Waals surface area contributed by atoms with E-state index in [1.165, 1.54) is 19.5 Å². The van der Waals surface area contributed by atoms with Crippen LogP contribution in [0.1, 0.15) is 51.2 Å². The molecule has 1 aromatic heterocycles. The second-order valence-corrected chi connectivity index (χ2v) is 11.3. The highest BCUT2D eigenvalue weighted by Gasteiger charge is 2.63. The number of carbonyl (C=O) groups is 2. The van der Waals surface area contributed by atoms with E-state index >= 15 is 0 Å². The van der Waals surface area contributed by atoms with E-state index in [0.717, 1.165) is 0 Å². The molecule has 2 saturated heterocycles. The molecule has 5 rings (SSSR count). The van der Waals surface area contributed by atoms with Crippen molar-refractivity contribution in [2.24, 2.45) is 23.2 Å². The van der Waals surface area contributed by atoms with Gasteiger partial charge >= 0.3 is 11.9 Å². The van der Waals surface area contributed by atoms with Crippen molar-refractivity contribution >= 4 is 11.9 Å². The molecule has 2 aliphatic heterocycles. The normalized spacial score (nSPS) is 47.0. The third-order valence-electron chi connectivity index (χ3n) is 9.03. The average Bonchev–Trinajstić information content (AvgIpc) is 3.41. The Hall–Kier alpha value is -2.06. The summed E-state index contributed by atoms with van der Waals surface area (Å²) in [7, 11) is 0. The van der Waals surface area contributed by atoms with Gasteiger partial charge < -0.3 is 48.9 Å². The number of hydrogen-bond donors (Lipinski definition) is 5. The number of furan rings is 1. The highest BCUT2D eigenvalue weighted by molar-refractivity contribution is 5.75. The maximum absolute atomic E-state index is 13.2. The first-order valence-corrected chi connectivity index (χ1v) is 13.1. The molecule has 0 amide bonds. The van der Waals surface area contributed by atoms with Crippen LogP contribution in [0.15, 0.2) is 23.0 Å². The predicted molar refractivity (Wildman–Crippen MR) is 125 cm³/mol. The number of carbonyl (C=O) groups excluding carboxylic acids is 2. The number of ether oxygens (including phenoxy) is 4. The van der Waals surface area contributed by atoms with Crippen molar-refractivity contribution in [3.8, 4) is 0 Å². The lowest BCUT2D eigenvalue weighted by Gasteiger charge is -2.59. The number of hydrogen-bond acceptors (Lipinski definition) is 12. The van der Waals surface area contributed by atoms with Crippen LogP contribution in [-0.2, 0) is 28.5 Å². The molecule has 212 valence electrons. The third-order valence-corrected chi connectivity index (χ3v) is 9.03. The van der Waals surface area contributed by atoms with Crippen molar-refractivity contribution in [3.05, 3.63) is 24.2 Å². The Morgan fingerprint density at radius 1 is 1.16 bits per heavy atom. The lowest BCUT2D eigenvalue weighted by molar-refractivity contribution is -0.328. The first-order valence-electron chi connectivity index (χ1n) is 13.1. The van der Waals surface area contributed by atoms with Crippen LogP contribution in [-0.4, -0.2) is 93.1 Å². The molecule has 0 aromatic carbocycles. The fourth-order valence-electron chi connectivity index (χ4n) is 7.24. The largest absolute Gasteiger partial charge is 0.472 e. The van der Waals surface area contributed by atoms with E-state index in [1.807, 2.05) is 6.92 Å². The van der Waals surface area contributed by atoms with Crippen molar-refractivity contribution in [2.45, 2.75) is 94.7 Å². The molecule has 4 fully saturated rings. The van der Waals surface area contributed by atoms with Gasteiger partial charge in [0, 0.05) is 24.8 Å². The van der Waals surface area contributed by atoms with Crippen LogP contribution in [0.25, 0.3) is 0 Å². The summed E-state index contributed by atoms with van der Waals surface area (Å²) in [6, 6.07) is 1.73. The van der Waals surface area contributed by atoms with Crippen LogP contribution in [0, 0.1) is 23.2 Å². The van der Waals surface area contributed by atoms with Gasteiger partial charge in [0.1, 0.15) is 36.6 Å². The van der Waals surface area contributed by atoms with Gasteiger partial charge in [-0.1, -0.05) is 6.92 Å². The molecule has 2 aliphatic carbocycles. The number of fused-ring (bicyclic) bond motifs is 3. The van der Waals surface area contributed by atoms with Crippen LogP contribution in [0.5, 0.6) is 0 Å². The van der Waals surface area contributed by atoms with E-state index < -0.39 is 84.9 Å². The Morgan fingerprint density at radius 3 is 2.58 bits per heavy atom. The monoisotopic (exact) mass is 540 g/mol.